The van der Waals surface area contributed by atoms with Crippen LogP contribution in [-0.4, -0.2) is 38.6 Å². The number of fused-ring (bicyclic) bond motifs is 1. The fourth-order valence-electron chi connectivity index (χ4n) is 1.76. The van der Waals surface area contributed by atoms with E-state index >= 15 is 0 Å². The second-order valence-corrected chi connectivity index (χ2v) is 4.03. The normalized spacial score (nSPS) is 18.5. The molecule has 82 valence electrons. The van der Waals surface area contributed by atoms with E-state index in [2.05, 4.69) is 19.7 Å². The number of nitrogens with zero attached hydrogens (tertiary/aromatic N) is 4. The first kappa shape index (κ1) is 10.1. The second-order valence-electron chi connectivity index (χ2n) is 4.03. The minimum absolute atomic E-state index is 0.111. The molecule has 2 rings (SSSR count). The van der Waals surface area contributed by atoms with E-state index in [-0.39, 0.29) is 11.8 Å². The molecule has 1 aliphatic heterocycles. The Kier molecular flexibility index (Phi) is 2.68. The summed E-state index contributed by atoms with van der Waals surface area (Å²) in [6, 6.07) is 0. The molecule has 1 aliphatic rings. The van der Waals surface area contributed by atoms with Crippen LogP contribution >= 0.6 is 0 Å². The van der Waals surface area contributed by atoms with E-state index < -0.39 is 0 Å². The van der Waals surface area contributed by atoms with Gasteiger partial charge in [-0.1, -0.05) is 6.92 Å². The van der Waals surface area contributed by atoms with Crippen LogP contribution in [-0.2, 0) is 13.1 Å². The molecule has 1 aromatic rings. The average molecular weight is 208 g/mol. The lowest BCUT2D eigenvalue weighted by Crippen LogP contribution is -2.39. The van der Waals surface area contributed by atoms with Crippen molar-refractivity contribution in [2.24, 2.45) is 11.7 Å². The minimum atomic E-state index is 0.111. The summed E-state index contributed by atoms with van der Waals surface area (Å²) in [5, 5.41) is 15.3. The molecule has 0 fully saturated rings. The number of hydrogen-bond acceptors (Lipinski definition) is 4. The molecule has 0 bridgehead atoms. The summed E-state index contributed by atoms with van der Waals surface area (Å²) in [6.45, 7) is 5.50. The Balaban J connectivity index is 1.95. The third-order valence-corrected chi connectivity index (χ3v) is 2.78. The maximum absolute atomic E-state index is 7.35. The van der Waals surface area contributed by atoms with Crippen LogP contribution in [0, 0.1) is 11.3 Å². The summed E-state index contributed by atoms with van der Waals surface area (Å²) in [5.74, 6) is 1.36. The van der Waals surface area contributed by atoms with Gasteiger partial charge in [0.2, 0.25) is 0 Å². The molecule has 3 N–H and O–H groups in total. The van der Waals surface area contributed by atoms with E-state index in [4.69, 9.17) is 11.1 Å². The number of nitrogens with one attached hydrogen (secondary N) is 1. The zero-order valence-electron chi connectivity index (χ0n) is 8.85. The van der Waals surface area contributed by atoms with Gasteiger partial charge in [0.25, 0.3) is 0 Å². The third kappa shape index (κ3) is 2.15. The SMILES string of the molecule is CC(CN1CCn2cnnc2C1)C(=N)N. The van der Waals surface area contributed by atoms with Gasteiger partial charge in [0, 0.05) is 25.6 Å². The largest absolute Gasteiger partial charge is 0.387 e. The van der Waals surface area contributed by atoms with Crippen molar-refractivity contribution in [2.75, 3.05) is 13.1 Å². The lowest BCUT2D eigenvalue weighted by Gasteiger charge is -2.28. The van der Waals surface area contributed by atoms with Crippen molar-refractivity contribution >= 4 is 5.84 Å². The summed E-state index contributed by atoms with van der Waals surface area (Å²) in [7, 11) is 0. The number of rotatable bonds is 3. The molecule has 2 heterocycles. The molecule has 0 aromatic carbocycles. The lowest BCUT2D eigenvalue weighted by atomic mass is 10.1. The molecule has 0 saturated carbocycles. The minimum Gasteiger partial charge on any atom is -0.387 e. The topological polar surface area (TPSA) is 83.8 Å². The lowest BCUT2D eigenvalue weighted by molar-refractivity contribution is 0.205. The van der Waals surface area contributed by atoms with Crippen LogP contribution in [0.25, 0.3) is 0 Å². The molecular weight excluding hydrogens is 192 g/mol. The van der Waals surface area contributed by atoms with Gasteiger partial charge in [-0.2, -0.15) is 0 Å². The maximum atomic E-state index is 7.35. The highest BCUT2D eigenvalue weighted by molar-refractivity contribution is 5.79. The quantitative estimate of drug-likeness (QED) is 0.526. The number of aromatic nitrogens is 3. The van der Waals surface area contributed by atoms with E-state index in [0.717, 1.165) is 32.0 Å². The van der Waals surface area contributed by atoms with Gasteiger partial charge >= 0.3 is 0 Å². The van der Waals surface area contributed by atoms with Crippen LogP contribution in [0.15, 0.2) is 6.33 Å². The summed E-state index contributed by atoms with van der Waals surface area (Å²) < 4.78 is 2.06. The summed E-state index contributed by atoms with van der Waals surface area (Å²) >= 11 is 0. The van der Waals surface area contributed by atoms with Crippen LogP contribution < -0.4 is 5.73 Å². The number of amidine groups is 1. The Labute approximate surface area is 88.6 Å². The Morgan fingerprint density at radius 3 is 3.20 bits per heavy atom. The first-order valence-electron chi connectivity index (χ1n) is 5.10. The van der Waals surface area contributed by atoms with Gasteiger partial charge in [0.1, 0.15) is 12.2 Å². The molecule has 0 spiro atoms. The van der Waals surface area contributed by atoms with Crippen LogP contribution in [0.5, 0.6) is 0 Å². The maximum Gasteiger partial charge on any atom is 0.147 e. The summed E-state index contributed by atoms with van der Waals surface area (Å²) in [4.78, 5) is 2.26. The van der Waals surface area contributed by atoms with Crippen molar-refractivity contribution in [2.45, 2.75) is 20.0 Å². The van der Waals surface area contributed by atoms with Crippen molar-refractivity contribution in [1.82, 2.24) is 19.7 Å². The van der Waals surface area contributed by atoms with Crippen molar-refractivity contribution in [3.63, 3.8) is 0 Å². The monoisotopic (exact) mass is 208 g/mol. The standard InChI is InChI=1S/C9H16N6/c1-7(9(10)11)4-14-2-3-15-6-12-13-8(15)5-14/h6-7H,2-5H2,1H3,(H3,10,11). The van der Waals surface area contributed by atoms with E-state index in [0.29, 0.717) is 0 Å². The summed E-state index contributed by atoms with van der Waals surface area (Å²) in [6.07, 6.45) is 1.76. The average Bonchev–Trinajstić information content (AvgIpc) is 2.64. The molecule has 0 aliphatic carbocycles. The Morgan fingerprint density at radius 2 is 2.47 bits per heavy atom. The predicted octanol–water partition coefficient (Wildman–Crippen LogP) is -0.334. The highest BCUT2D eigenvalue weighted by atomic mass is 15.3. The smallest absolute Gasteiger partial charge is 0.147 e. The molecule has 6 nitrogen and oxygen atoms in total. The van der Waals surface area contributed by atoms with Gasteiger partial charge in [-0.3, -0.25) is 10.3 Å². The highest BCUT2D eigenvalue weighted by Crippen LogP contribution is 2.10. The number of nitrogens with two attached hydrogens (primary N) is 1. The van der Waals surface area contributed by atoms with Gasteiger partial charge in [0.05, 0.1) is 12.4 Å². The Bertz CT molecular complexity index is 357. The molecule has 0 amide bonds. The van der Waals surface area contributed by atoms with Gasteiger partial charge in [-0.15, -0.1) is 10.2 Å². The van der Waals surface area contributed by atoms with Crippen molar-refractivity contribution < 1.29 is 0 Å². The van der Waals surface area contributed by atoms with E-state index in [9.17, 15) is 0 Å². The van der Waals surface area contributed by atoms with Crippen molar-refractivity contribution in [1.29, 1.82) is 5.41 Å². The fourth-order valence-corrected chi connectivity index (χ4v) is 1.76. The van der Waals surface area contributed by atoms with Gasteiger partial charge < -0.3 is 10.3 Å². The van der Waals surface area contributed by atoms with Crippen molar-refractivity contribution in [3.8, 4) is 0 Å². The van der Waals surface area contributed by atoms with E-state index in [1.165, 1.54) is 0 Å². The van der Waals surface area contributed by atoms with Gasteiger partial charge in [-0.05, 0) is 0 Å². The molecule has 0 radical (unpaired) electrons. The zero-order valence-corrected chi connectivity index (χ0v) is 8.85. The molecule has 6 heteroatoms. The molecule has 0 saturated heterocycles. The first-order valence-corrected chi connectivity index (χ1v) is 5.10. The van der Waals surface area contributed by atoms with Crippen LogP contribution in [0.1, 0.15) is 12.7 Å². The molecular formula is C9H16N6. The Hall–Kier alpha value is -1.43. The van der Waals surface area contributed by atoms with E-state index in [1.807, 2.05) is 6.92 Å². The highest BCUT2D eigenvalue weighted by Gasteiger charge is 2.19. The second kappa shape index (κ2) is 3.98. The van der Waals surface area contributed by atoms with Gasteiger partial charge in [0.15, 0.2) is 0 Å². The first-order chi connectivity index (χ1) is 7.16. The summed E-state index contributed by atoms with van der Waals surface area (Å²) in [5.41, 5.74) is 5.45. The van der Waals surface area contributed by atoms with Crippen LogP contribution in [0.3, 0.4) is 0 Å². The predicted molar refractivity (Wildman–Crippen MR) is 56.4 cm³/mol. The molecule has 1 atom stereocenters. The molecule has 15 heavy (non-hydrogen) atoms. The van der Waals surface area contributed by atoms with E-state index in [1.54, 1.807) is 6.33 Å². The zero-order chi connectivity index (χ0) is 10.8. The molecule has 1 aromatic heterocycles. The number of hydrogen-bond donors (Lipinski definition) is 2. The Morgan fingerprint density at radius 1 is 1.67 bits per heavy atom. The van der Waals surface area contributed by atoms with Crippen LogP contribution in [0.4, 0.5) is 0 Å². The van der Waals surface area contributed by atoms with Crippen molar-refractivity contribution in [3.05, 3.63) is 12.2 Å². The molecule has 1 unspecified atom stereocenters. The fraction of sp³-hybridized carbons (Fsp3) is 0.667. The van der Waals surface area contributed by atoms with Gasteiger partial charge in [-0.25, -0.2) is 0 Å². The van der Waals surface area contributed by atoms with Crippen LogP contribution in [0.2, 0.25) is 0 Å². The third-order valence-electron chi connectivity index (χ3n) is 2.78.